The van der Waals surface area contributed by atoms with Crippen LogP contribution in [0.25, 0.3) is 0 Å². The summed E-state index contributed by atoms with van der Waals surface area (Å²) >= 11 is 0. The van der Waals surface area contributed by atoms with Gasteiger partial charge in [0.25, 0.3) is 0 Å². The largest absolute Gasteiger partial charge is 0.478 e. The van der Waals surface area contributed by atoms with E-state index in [2.05, 4.69) is 12.2 Å². The number of rotatable bonds is 8. The molecule has 0 aromatic heterocycles. The molecule has 1 rings (SSSR count). The SMILES string of the molecule is CCCC(COC)NCc1cc(C(=O)O)ccc1F. The highest BCUT2D eigenvalue weighted by Gasteiger charge is 2.11. The fourth-order valence-corrected chi connectivity index (χ4v) is 1.89. The molecule has 0 aliphatic carbocycles. The number of methoxy groups -OCH3 is 1. The van der Waals surface area contributed by atoms with Crippen molar-refractivity contribution >= 4 is 5.97 Å². The zero-order valence-corrected chi connectivity index (χ0v) is 11.3. The van der Waals surface area contributed by atoms with Crippen LogP contribution < -0.4 is 5.32 Å². The molecule has 106 valence electrons. The van der Waals surface area contributed by atoms with Crippen LogP contribution in [-0.2, 0) is 11.3 Å². The van der Waals surface area contributed by atoms with E-state index in [-0.39, 0.29) is 11.6 Å². The molecule has 1 unspecified atom stereocenters. The topological polar surface area (TPSA) is 58.6 Å². The van der Waals surface area contributed by atoms with E-state index in [0.29, 0.717) is 18.7 Å². The minimum atomic E-state index is -1.05. The molecule has 0 radical (unpaired) electrons. The lowest BCUT2D eigenvalue weighted by Crippen LogP contribution is -2.32. The van der Waals surface area contributed by atoms with E-state index in [9.17, 15) is 9.18 Å². The van der Waals surface area contributed by atoms with Crippen molar-refractivity contribution in [2.45, 2.75) is 32.4 Å². The molecule has 2 N–H and O–H groups in total. The highest BCUT2D eigenvalue weighted by Crippen LogP contribution is 2.11. The third-order valence-corrected chi connectivity index (χ3v) is 2.88. The van der Waals surface area contributed by atoms with Crippen LogP contribution in [-0.4, -0.2) is 30.8 Å². The lowest BCUT2D eigenvalue weighted by molar-refractivity contribution is 0.0696. The summed E-state index contributed by atoms with van der Waals surface area (Å²) in [5.41, 5.74) is 0.453. The van der Waals surface area contributed by atoms with Gasteiger partial charge in [0.05, 0.1) is 12.2 Å². The van der Waals surface area contributed by atoms with Gasteiger partial charge in [-0.3, -0.25) is 0 Å². The van der Waals surface area contributed by atoms with Crippen molar-refractivity contribution in [3.63, 3.8) is 0 Å². The maximum atomic E-state index is 13.6. The van der Waals surface area contributed by atoms with Gasteiger partial charge in [-0.2, -0.15) is 0 Å². The number of halogens is 1. The van der Waals surface area contributed by atoms with Gasteiger partial charge in [0, 0.05) is 25.3 Å². The average molecular weight is 269 g/mol. The molecular weight excluding hydrogens is 249 g/mol. The van der Waals surface area contributed by atoms with E-state index >= 15 is 0 Å². The number of ether oxygens (including phenoxy) is 1. The summed E-state index contributed by atoms with van der Waals surface area (Å²) in [6.45, 7) is 2.91. The van der Waals surface area contributed by atoms with Crippen LogP contribution in [0, 0.1) is 5.82 Å². The minimum Gasteiger partial charge on any atom is -0.478 e. The van der Waals surface area contributed by atoms with Gasteiger partial charge in [-0.15, -0.1) is 0 Å². The van der Waals surface area contributed by atoms with Crippen molar-refractivity contribution in [1.29, 1.82) is 0 Å². The molecule has 0 fully saturated rings. The van der Waals surface area contributed by atoms with Crippen molar-refractivity contribution in [3.05, 3.63) is 35.1 Å². The lowest BCUT2D eigenvalue weighted by atomic mass is 10.1. The van der Waals surface area contributed by atoms with E-state index < -0.39 is 11.8 Å². The van der Waals surface area contributed by atoms with E-state index in [0.717, 1.165) is 12.8 Å². The third kappa shape index (κ3) is 4.96. The van der Waals surface area contributed by atoms with E-state index in [4.69, 9.17) is 9.84 Å². The Bertz CT molecular complexity index is 417. The molecule has 0 saturated carbocycles. The first-order valence-electron chi connectivity index (χ1n) is 6.32. The molecule has 4 nitrogen and oxygen atoms in total. The Balaban J connectivity index is 2.69. The number of hydrogen-bond donors (Lipinski definition) is 2. The standard InChI is InChI=1S/C14H20FNO3/c1-3-4-12(9-19-2)16-8-11-7-10(14(17)18)5-6-13(11)15/h5-7,12,16H,3-4,8-9H2,1-2H3,(H,17,18). The first kappa shape index (κ1) is 15.6. The van der Waals surface area contributed by atoms with Crippen molar-refractivity contribution in [2.24, 2.45) is 0 Å². The molecule has 0 bridgehead atoms. The molecule has 1 aromatic rings. The van der Waals surface area contributed by atoms with Crippen LogP contribution in [0.5, 0.6) is 0 Å². The Morgan fingerprint density at radius 1 is 1.53 bits per heavy atom. The summed E-state index contributed by atoms with van der Waals surface area (Å²) in [4.78, 5) is 10.8. The number of carboxylic acid groups (broad SMARTS) is 1. The zero-order chi connectivity index (χ0) is 14.3. The van der Waals surface area contributed by atoms with Crippen LogP contribution in [0.4, 0.5) is 4.39 Å². The number of hydrogen-bond acceptors (Lipinski definition) is 3. The molecule has 0 saturated heterocycles. The molecular formula is C14H20FNO3. The van der Waals surface area contributed by atoms with Crippen LogP contribution in [0.3, 0.4) is 0 Å². The first-order valence-corrected chi connectivity index (χ1v) is 6.32. The Kier molecular flexibility index (Phi) is 6.45. The molecule has 0 aliphatic heterocycles. The summed E-state index contributed by atoms with van der Waals surface area (Å²) in [5, 5.41) is 12.1. The van der Waals surface area contributed by atoms with Gasteiger partial charge in [0.15, 0.2) is 0 Å². The number of carbonyl (C=O) groups is 1. The number of nitrogens with one attached hydrogen (secondary N) is 1. The van der Waals surface area contributed by atoms with Crippen molar-refractivity contribution in [3.8, 4) is 0 Å². The molecule has 0 amide bonds. The Morgan fingerprint density at radius 3 is 2.84 bits per heavy atom. The summed E-state index contributed by atoms with van der Waals surface area (Å²) in [7, 11) is 1.62. The fraction of sp³-hybridized carbons (Fsp3) is 0.500. The molecule has 1 atom stereocenters. The van der Waals surface area contributed by atoms with Crippen molar-refractivity contribution in [1.82, 2.24) is 5.32 Å². The molecule has 19 heavy (non-hydrogen) atoms. The first-order chi connectivity index (χ1) is 9.08. The normalized spacial score (nSPS) is 12.4. The van der Waals surface area contributed by atoms with Crippen LogP contribution in [0.1, 0.15) is 35.7 Å². The van der Waals surface area contributed by atoms with Gasteiger partial charge in [-0.05, 0) is 24.6 Å². The number of carboxylic acids is 1. The van der Waals surface area contributed by atoms with Crippen LogP contribution >= 0.6 is 0 Å². The van der Waals surface area contributed by atoms with Crippen LogP contribution in [0.15, 0.2) is 18.2 Å². The predicted molar refractivity (Wildman–Crippen MR) is 70.8 cm³/mol. The lowest BCUT2D eigenvalue weighted by Gasteiger charge is -2.17. The summed E-state index contributed by atoms with van der Waals surface area (Å²) in [6.07, 6.45) is 1.92. The Hall–Kier alpha value is -1.46. The minimum absolute atomic E-state index is 0.0944. The summed E-state index contributed by atoms with van der Waals surface area (Å²) in [5.74, 6) is -1.45. The summed E-state index contributed by atoms with van der Waals surface area (Å²) in [6, 6.07) is 3.95. The van der Waals surface area contributed by atoms with Gasteiger partial charge in [0.1, 0.15) is 5.82 Å². The van der Waals surface area contributed by atoms with Gasteiger partial charge < -0.3 is 15.2 Å². The van der Waals surface area contributed by atoms with Gasteiger partial charge in [0.2, 0.25) is 0 Å². The summed E-state index contributed by atoms with van der Waals surface area (Å²) < 4.78 is 18.7. The van der Waals surface area contributed by atoms with Crippen molar-refractivity contribution < 1.29 is 19.0 Å². The van der Waals surface area contributed by atoms with E-state index in [1.54, 1.807) is 7.11 Å². The highest BCUT2D eigenvalue weighted by molar-refractivity contribution is 5.87. The quantitative estimate of drug-likeness (QED) is 0.761. The van der Waals surface area contributed by atoms with Gasteiger partial charge in [-0.25, -0.2) is 9.18 Å². The van der Waals surface area contributed by atoms with Gasteiger partial charge >= 0.3 is 5.97 Å². The fourth-order valence-electron chi connectivity index (χ4n) is 1.89. The van der Waals surface area contributed by atoms with Crippen molar-refractivity contribution in [2.75, 3.05) is 13.7 Å². The number of benzene rings is 1. The second-order valence-corrected chi connectivity index (χ2v) is 4.43. The molecule has 0 spiro atoms. The van der Waals surface area contributed by atoms with E-state index in [1.807, 2.05) is 0 Å². The second kappa shape index (κ2) is 7.86. The molecule has 0 heterocycles. The van der Waals surface area contributed by atoms with Gasteiger partial charge in [-0.1, -0.05) is 13.3 Å². The van der Waals surface area contributed by atoms with Crippen LogP contribution in [0.2, 0.25) is 0 Å². The third-order valence-electron chi connectivity index (χ3n) is 2.88. The maximum Gasteiger partial charge on any atom is 0.335 e. The van der Waals surface area contributed by atoms with E-state index in [1.165, 1.54) is 18.2 Å². The number of aromatic carboxylic acids is 1. The Labute approximate surface area is 112 Å². The monoisotopic (exact) mass is 269 g/mol. The highest BCUT2D eigenvalue weighted by atomic mass is 19.1. The maximum absolute atomic E-state index is 13.6. The predicted octanol–water partition coefficient (Wildman–Crippen LogP) is 2.43. The second-order valence-electron chi connectivity index (χ2n) is 4.43. The average Bonchev–Trinajstić information content (AvgIpc) is 2.37. The molecule has 5 heteroatoms. The zero-order valence-electron chi connectivity index (χ0n) is 11.3. The molecule has 0 aliphatic rings. The molecule has 1 aromatic carbocycles. The Morgan fingerprint density at radius 2 is 2.26 bits per heavy atom. The smallest absolute Gasteiger partial charge is 0.335 e.